The summed E-state index contributed by atoms with van der Waals surface area (Å²) in [6.45, 7) is 1.37. The van der Waals surface area contributed by atoms with Gasteiger partial charge in [0.1, 0.15) is 0 Å². The average Bonchev–Trinajstić information content (AvgIpc) is 2.12. The summed E-state index contributed by atoms with van der Waals surface area (Å²) in [6, 6.07) is 3.93. The van der Waals surface area contributed by atoms with Crippen molar-refractivity contribution in [3.63, 3.8) is 0 Å². The normalized spacial score (nSPS) is 11.4. The minimum Gasteiger partial charge on any atom is -0.504 e. The predicted octanol–water partition coefficient (Wildman–Crippen LogP) is 2.02. The van der Waals surface area contributed by atoms with Crippen LogP contribution in [0.4, 0.5) is 4.39 Å². The van der Waals surface area contributed by atoms with Gasteiger partial charge in [-0.15, -0.1) is 0 Å². The van der Waals surface area contributed by atoms with Crippen molar-refractivity contribution in [2.45, 2.75) is 6.92 Å². The fourth-order valence-corrected chi connectivity index (χ4v) is 0.943. The number of phenolic OH excluding ortho intramolecular Hbond substituents is 1. The second kappa shape index (κ2) is 3.91. The van der Waals surface area contributed by atoms with E-state index < -0.39 is 17.5 Å². The molecule has 0 atom stereocenters. The third-order valence-corrected chi connectivity index (χ3v) is 1.73. The molecule has 1 aromatic rings. The van der Waals surface area contributed by atoms with Gasteiger partial charge in [-0.1, -0.05) is 12.1 Å². The van der Waals surface area contributed by atoms with Gasteiger partial charge in [0, 0.05) is 11.1 Å². The molecule has 3 nitrogen and oxygen atoms in total. The lowest BCUT2D eigenvalue weighted by atomic mass is 10.1. The van der Waals surface area contributed by atoms with Gasteiger partial charge in [-0.2, -0.15) is 0 Å². The van der Waals surface area contributed by atoms with Crippen LogP contribution in [0.25, 0.3) is 6.08 Å². The van der Waals surface area contributed by atoms with Crippen LogP contribution >= 0.6 is 0 Å². The first-order chi connectivity index (χ1) is 6.52. The van der Waals surface area contributed by atoms with Crippen molar-refractivity contribution < 1.29 is 19.4 Å². The Morgan fingerprint density at radius 1 is 1.50 bits per heavy atom. The maximum absolute atomic E-state index is 12.8. The van der Waals surface area contributed by atoms with Crippen molar-refractivity contribution in [1.29, 1.82) is 0 Å². The lowest BCUT2D eigenvalue weighted by molar-refractivity contribution is -0.132. The lowest BCUT2D eigenvalue weighted by Gasteiger charge is -2.00. The highest BCUT2D eigenvalue weighted by Gasteiger charge is 2.06. The Morgan fingerprint density at radius 3 is 2.71 bits per heavy atom. The van der Waals surface area contributed by atoms with Gasteiger partial charge in [0.2, 0.25) is 0 Å². The van der Waals surface area contributed by atoms with Crippen molar-refractivity contribution >= 4 is 12.0 Å². The molecule has 1 rings (SSSR count). The van der Waals surface area contributed by atoms with E-state index in [4.69, 9.17) is 5.11 Å². The van der Waals surface area contributed by atoms with Crippen LogP contribution in [0.3, 0.4) is 0 Å². The zero-order chi connectivity index (χ0) is 10.7. The molecule has 0 aliphatic heterocycles. The molecule has 74 valence electrons. The molecule has 0 amide bonds. The highest BCUT2D eigenvalue weighted by molar-refractivity contribution is 5.91. The molecule has 0 heterocycles. The SMILES string of the molecule is C/C(=C/c1cccc(F)c1O)C(=O)O. The largest absolute Gasteiger partial charge is 0.504 e. The number of hydrogen-bond donors (Lipinski definition) is 2. The number of phenols is 1. The Balaban J connectivity index is 3.15. The smallest absolute Gasteiger partial charge is 0.331 e. The highest BCUT2D eigenvalue weighted by Crippen LogP contribution is 2.22. The first-order valence-electron chi connectivity index (χ1n) is 3.91. The number of rotatable bonds is 2. The first kappa shape index (κ1) is 10.2. The molecule has 0 fully saturated rings. The fraction of sp³-hybridized carbons (Fsp3) is 0.100. The van der Waals surface area contributed by atoms with Crippen LogP contribution in [0.5, 0.6) is 5.75 Å². The van der Waals surface area contributed by atoms with Crippen LogP contribution in [0.2, 0.25) is 0 Å². The summed E-state index contributed by atoms with van der Waals surface area (Å²) in [7, 11) is 0. The van der Waals surface area contributed by atoms with Gasteiger partial charge in [0.25, 0.3) is 0 Å². The van der Waals surface area contributed by atoms with Crippen LogP contribution in [0, 0.1) is 5.82 Å². The standard InChI is InChI=1S/C10H9FO3/c1-6(10(13)14)5-7-3-2-4-8(11)9(7)12/h2-5,12H,1H3,(H,13,14)/b6-5-. The van der Waals surface area contributed by atoms with Gasteiger partial charge in [-0.3, -0.25) is 0 Å². The zero-order valence-corrected chi connectivity index (χ0v) is 7.49. The fourth-order valence-electron chi connectivity index (χ4n) is 0.943. The molecule has 0 spiro atoms. The summed E-state index contributed by atoms with van der Waals surface area (Å²) in [5.41, 5.74) is 0.191. The monoisotopic (exact) mass is 196 g/mol. The Morgan fingerprint density at radius 2 is 2.14 bits per heavy atom. The number of hydrogen-bond acceptors (Lipinski definition) is 2. The molecule has 2 N–H and O–H groups in total. The van der Waals surface area contributed by atoms with E-state index in [1.807, 2.05) is 0 Å². The highest BCUT2D eigenvalue weighted by atomic mass is 19.1. The molecule has 0 bridgehead atoms. The summed E-state index contributed by atoms with van der Waals surface area (Å²) in [4.78, 5) is 10.5. The molecule has 0 saturated heterocycles. The van der Waals surface area contributed by atoms with E-state index in [1.165, 1.54) is 25.1 Å². The van der Waals surface area contributed by atoms with Crippen molar-refractivity contribution in [3.05, 3.63) is 35.2 Å². The Labute approximate surface area is 80.1 Å². The summed E-state index contributed by atoms with van der Waals surface area (Å²) in [5.74, 6) is -2.40. The number of aliphatic carboxylic acids is 1. The summed E-state index contributed by atoms with van der Waals surface area (Å²) in [6.07, 6.45) is 1.21. The number of carbonyl (C=O) groups is 1. The summed E-state index contributed by atoms with van der Waals surface area (Å²) in [5, 5.41) is 17.8. The molecular weight excluding hydrogens is 187 g/mol. The van der Waals surface area contributed by atoms with Crippen LogP contribution in [0.1, 0.15) is 12.5 Å². The molecule has 0 aromatic heterocycles. The minimum atomic E-state index is -1.10. The Kier molecular flexibility index (Phi) is 2.86. The summed E-state index contributed by atoms with van der Waals surface area (Å²) >= 11 is 0. The molecule has 14 heavy (non-hydrogen) atoms. The second-order valence-corrected chi connectivity index (χ2v) is 2.81. The zero-order valence-electron chi connectivity index (χ0n) is 7.49. The predicted molar refractivity (Wildman–Crippen MR) is 49.4 cm³/mol. The molecule has 4 heteroatoms. The van der Waals surface area contributed by atoms with Crippen molar-refractivity contribution in [2.24, 2.45) is 0 Å². The topological polar surface area (TPSA) is 57.5 Å². The number of halogens is 1. The van der Waals surface area contributed by atoms with Crippen molar-refractivity contribution in [2.75, 3.05) is 0 Å². The van der Waals surface area contributed by atoms with Gasteiger partial charge in [-0.25, -0.2) is 9.18 Å². The number of aromatic hydroxyl groups is 1. The van der Waals surface area contributed by atoms with E-state index in [0.717, 1.165) is 6.07 Å². The van der Waals surface area contributed by atoms with Crippen molar-refractivity contribution in [1.82, 2.24) is 0 Å². The van der Waals surface area contributed by atoms with E-state index in [0.29, 0.717) is 0 Å². The number of carboxylic acid groups (broad SMARTS) is 1. The van der Waals surface area contributed by atoms with Crippen molar-refractivity contribution in [3.8, 4) is 5.75 Å². The van der Waals surface area contributed by atoms with E-state index in [-0.39, 0.29) is 11.1 Å². The third-order valence-electron chi connectivity index (χ3n) is 1.73. The lowest BCUT2D eigenvalue weighted by Crippen LogP contribution is -1.95. The molecule has 0 aliphatic rings. The van der Waals surface area contributed by atoms with Crippen LogP contribution in [-0.4, -0.2) is 16.2 Å². The Bertz CT molecular complexity index is 396. The molecule has 0 radical (unpaired) electrons. The number of benzene rings is 1. The van der Waals surface area contributed by atoms with Gasteiger partial charge >= 0.3 is 5.97 Å². The maximum Gasteiger partial charge on any atom is 0.331 e. The summed E-state index contributed by atoms with van der Waals surface area (Å²) < 4.78 is 12.8. The van der Waals surface area contributed by atoms with E-state index >= 15 is 0 Å². The first-order valence-corrected chi connectivity index (χ1v) is 3.91. The minimum absolute atomic E-state index is 0.0332. The second-order valence-electron chi connectivity index (χ2n) is 2.81. The number of para-hydroxylation sites is 1. The van der Waals surface area contributed by atoms with Gasteiger partial charge in [0.05, 0.1) is 0 Å². The molecule has 0 saturated carbocycles. The quantitative estimate of drug-likeness (QED) is 0.711. The molecule has 0 unspecified atom stereocenters. The molecular formula is C10H9FO3. The average molecular weight is 196 g/mol. The van der Waals surface area contributed by atoms with E-state index in [2.05, 4.69) is 0 Å². The maximum atomic E-state index is 12.8. The van der Waals surface area contributed by atoms with Gasteiger partial charge in [0.15, 0.2) is 11.6 Å². The van der Waals surface area contributed by atoms with Gasteiger partial charge in [-0.05, 0) is 19.1 Å². The molecule has 1 aromatic carbocycles. The van der Waals surface area contributed by atoms with E-state index in [9.17, 15) is 14.3 Å². The van der Waals surface area contributed by atoms with Crippen LogP contribution < -0.4 is 0 Å². The molecule has 0 aliphatic carbocycles. The van der Waals surface area contributed by atoms with E-state index in [1.54, 1.807) is 0 Å². The number of carboxylic acids is 1. The third kappa shape index (κ3) is 2.10. The van der Waals surface area contributed by atoms with Crippen LogP contribution in [-0.2, 0) is 4.79 Å². The van der Waals surface area contributed by atoms with Gasteiger partial charge < -0.3 is 10.2 Å². The Hall–Kier alpha value is -1.84. The van der Waals surface area contributed by atoms with Crippen LogP contribution in [0.15, 0.2) is 23.8 Å².